The van der Waals surface area contributed by atoms with Crippen molar-refractivity contribution in [2.24, 2.45) is 4.99 Å². The molecule has 0 atom stereocenters. The monoisotopic (exact) mass is 422 g/mol. The third-order valence-electron chi connectivity index (χ3n) is 5.54. The molecule has 0 aromatic heterocycles. The fourth-order valence-electron chi connectivity index (χ4n) is 3.89. The fraction of sp³-hybridized carbons (Fsp3) is 0.333. The standard InChI is InChI=1S/C24H26N2O3S/c1-16-8-11-18(12-9-16)25-24-26(19-6-4-3-5-7-19)23(28)22(30-24)15-17-10-13-20(27)21(14-17)29-2/h8-15,19,27H,3-7H2,1-2H3/b22-15+,25-24?. The van der Waals surface area contributed by atoms with E-state index in [0.717, 1.165) is 42.1 Å². The van der Waals surface area contributed by atoms with Crippen molar-refractivity contribution in [2.75, 3.05) is 7.11 Å². The van der Waals surface area contributed by atoms with Crippen molar-refractivity contribution < 1.29 is 14.6 Å². The number of carbonyl (C=O) groups excluding carboxylic acids is 1. The van der Waals surface area contributed by atoms with E-state index >= 15 is 0 Å². The first-order valence-corrected chi connectivity index (χ1v) is 11.1. The van der Waals surface area contributed by atoms with Crippen molar-refractivity contribution in [2.45, 2.75) is 45.1 Å². The van der Waals surface area contributed by atoms with Crippen LogP contribution in [-0.2, 0) is 4.79 Å². The predicted molar refractivity (Wildman–Crippen MR) is 122 cm³/mol. The van der Waals surface area contributed by atoms with Gasteiger partial charge in [-0.2, -0.15) is 0 Å². The number of carbonyl (C=O) groups is 1. The van der Waals surface area contributed by atoms with Crippen molar-refractivity contribution >= 4 is 34.6 Å². The van der Waals surface area contributed by atoms with Gasteiger partial charge in [0, 0.05) is 6.04 Å². The largest absolute Gasteiger partial charge is 0.504 e. The van der Waals surface area contributed by atoms with E-state index in [-0.39, 0.29) is 17.7 Å². The minimum absolute atomic E-state index is 0.00445. The molecule has 1 saturated carbocycles. The molecule has 0 radical (unpaired) electrons. The Kier molecular flexibility index (Phi) is 6.13. The van der Waals surface area contributed by atoms with E-state index in [1.165, 1.54) is 30.9 Å². The van der Waals surface area contributed by atoms with Gasteiger partial charge in [0.2, 0.25) is 0 Å². The van der Waals surface area contributed by atoms with Crippen molar-refractivity contribution in [3.8, 4) is 11.5 Å². The minimum Gasteiger partial charge on any atom is -0.504 e. The molecule has 4 rings (SSSR count). The smallest absolute Gasteiger partial charge is 0.267 e. The molecule has 1 aliphatic heterocycles. The third-order valence-corrected chi connectivity index (χ3v) is 6.52. The van der Waals surface area contributed by atoms with Crippen molar-refractivity contribution in [1.82, 2.24) is 4.90 Å². The highest BCUT2D eigenvalue weighted by Crippen LogP contribution is 2.39. The molecule has 0 spiro atoms. The molecule has 0 unspecified atom stereocenters. The Labute approximate surface area is 181 Å². The maximum atomic E-state index is 13.4. The van der Waals surface area contributed by atoms with Crippen molar-refractivity contribution in [3.63, 3.8) is 0 Å². The number of thioether (sulfide) groups is 1. The molecule has 2 aromatic carbocycles. The normalized spacial score (nSPS) is 20.3. The van der Waals surface area contributed by atoms with Gasteiger partial charge >= 0.3 is 0 Å². The molecule has 30 heavy (non-hydrogen) atoms. The molecule has 156 valence electrons. The van der Waals surface area contributed by atoms with Gasteiger partial charge in [-0.1, -0.05) is 43.0 Å². The predicted octanol–water partition coefficient (Wildman–Crippen LogP) is 5.65. The van der Waals surface area contributed by atoms with Crippen LogP contribution >= 0.6 is 11.8 Å². The number of hydrogen-bond acceptors (Lipinski definition) is 5. The van der Waals surface area contributed by atoms with Crippen LogP contribution in [0.2, 0.25) is 0 Å². The molecular formula is C24H26N2O3S. The van der Waals surface area contributed by atoms with Gasteiger partial charge in [-0.15, -0.1) is 0 Å². The van der Waals surface area contributed by atoms with E-state index in [1.54, 1.807) is 18.2 Å². The Morgan fingerprint density at radius 2 is 1.87 bits per heavy atom. The van der Waals surface area contributed by atoms with Crippen LogP contribution in [0.5, 0.6) is 11.5 Å². The topological polar surface area (TPSA) is 62.1 Å². The number of rotatable bonds is 4. The van der Waals surface area contributed by atoms with Gasteiger partial charge < -0.3 is 9.84 Å². The number of benzene rings is 2. The second-order valence-corrected chi connectivity index (χ2v) is 8.75. The van der Waals surface area contributed by atoms with Gasteiger partial charge in [0.15, 0.2) is 16.7 Å². The lowest BCUT2D eigenvalue weighted by molar-refractivity contribution is -0.124. The maximum Gasteiger partial charge on any atom is 0.267 e. The Morgan fingerprint density at radius 1 is 1.13 bits per heavy atom. The Bertz CT molecular complexity index is 992. The Morgan fingerprint density at radius 3 is 2.57 bits per heavy atom. The first kappa shape index (κ1) is 20.5. The summed E-state index contributed by atoms with van der Waals surface area (Å²) in [5, 5.41) is 10.6. The van der Waals surface area contributed by atoms with Crippen LogP contribution in [0.3, 0.4) is 0 Å². The Balaban J connectivity index is 1.69. The Hall–Kier alpha value is -2.73. The van der Waals surface area contributed by atoms with E-state index < -0.39 is 0 Å². The highest BCUT2D eigenvalue weighted by molar-refractivity contribution is 8.18. The lowest BCUT2D eigenvalue weighted by Crippen LogP contribution is -2.40. The minimum atomic E-state index is 0.00445. The molecular weight excluding hydrogens is 396 g/mol. The molecule has 0 bridgehead atoms. The van der Waals surface area contributed by atoms with Gasteiger partial charge in [0.25, 0.3) is 5.91 Å². The number of aromatic hydroxyl groups is 1. The first-order chi connectivity index (χ1) is 14.5. The highest BCUT2D eigenvalue weighted by Gasteiger charge is 2.38. The van der Waals surface area contributed by atoms with Crippen LogP contribution < -0.4 is 4.74 Å². The SMILES string of the molecule is COc1cc(/C=C2/SC(=Nc3ccc(C)cc3)N(C3CCCCC3)C2=O)ccc1O. The number of ether oxygens (including phenoxy) is 1. The summed E-state index contributed by atoms with van der Waals surface area (Å²) in [6, 6.07) is 13.3. The summed E-state index contributed by atoms with van der Waals surface area (Å²) < 4.78 is 5.20. The van der Waals surface area contributed by atoms with Gasteiger partial charge in [-0.25, -0.2) is 4.99 Å². The molecule has 1 aliphatic carbocycles. The van der Waals surface area contributed by atoms with Crippen LogP contribution in [0.1, 0.15) is 43.2 Å². The summed E-state index contributed by atoms with van der Waals surface area (Å²) in [7, 11) is 1.51. The van der Waals surface area contributed by atoms with Gasteiger partial charge in [0.05, 0.1) is 17.7 Å². The van der Waals surface area contributed by atoms with Crippen LogP contribution in [0.15, 0.2) is 52.4 Å². The van der Waals surface area contributed by atoms with Crippen LogP contribution in [0.4, 0.5) is 5.69 Å². The number of phenolic OH excluding ortho intramolecular Hbond substituents is 1. The number of amidine groups is 1. The molecule has 2 fully saturated rings. The zero-order chi connectivity index (χ0) is 21.1. The van der Waals surface area contributed by atoms with Gasteiger partial charge in [-0.3, -0.25) is 9.69 Å². The first-order valence-electron chi connectivity index (χ1n) is 10.3. The van der Waals surface area contributed by atoms with Crippen LogP contribution in [0.25, 0.3) is 6.08 Å². The van der Waals surface area contributed by atoms with E-state index in [0.29, 0.717) is 10.7 Å². The number of aryl methyl sites for hydroxylation is 1. The van der Waals surface area contributed by atoms with Gasteiger partial charge in [-0.05, 0) is 67.4 Å². The van der Waals surface area contributed by atoms with Crippen LogP contribution in [0, 0.1) is 6.92 Å². The van der Waals surface area contributed by atoms with Crippen LogP contribution in [-0.4, -0.2) is 34.2 Å². The number of hydrogen-bond donors (Lipinski definition) is 1. The second-order valence-electron chi connectivity index (χ2n) is 7.74. The summed E-state index contributed by atoms with van der Waals surface area (Å²) in [5.41, 5.74) is 2.84. The number of nitrogens with zero attached hydrogens (tertiary/aromatic N) is 2. The van der Waals surface area contributed by atoms with Gasteiger partial charge in [0.1, 0.15) is 0 Å². The molecule has 1 N–H and O–H groups in total. The summed E-state index contributed by atoms with van der Waals surface area (Å²) in [5.74, 6) is 0.470. The number of amides is 1. The van der Waals surface area contributed by atoms with E-state index in [4.69, 9.17) is 9.73 Å². The zero-order valence-electron chi connectivity index (χ0n) is 17.3. The summed E-state index contributed by atoms with van der Waals surface area (Å²) in [4.78, 5) is 20.7. The molecule has 1 heterocycles. The summed E-state index contributed by atoms with van der Waals surface area (Å²) in [6.45, 7) is 2.05. The molecule has 5 nitrogen and oxygen atoms in total. The second kappa shape index (κ2) is 8.96. The van der Waals surface area contributed by atoms with E-state index in [2.05, 4.69) is 0 Å². The fourth-order valence-corrected chi connectivity index (χ4v) is 4.95. The van der Waals surface area contributed by atoms with E-state index in [1.807, 2.05) is 42.2 Å². The summed E-state index contributed by atoms with van der Waals surface area (Å²) >= 11 is 1.42. The molecule has 2 aromatic rings. The molecule has 6 heteroatoms. The third kappa shape index (κ3) is 4.38. The average molecular weight is 423 g/mol. The maximum absolute atomic E-state index is 13.4. The molecule has 1 amide bonds. The summed E-state index contributed by atoms with van der Waals surface area (Å²) in [6.07, 6.45) is 7.39. The van der Waals surface area contributed by atoms with Crippen molar-refractivity contribution in [3.05, 3.63) is 58.5 Å². The average Bonchev–Trinajstić information content (AvgIpc) is 3.06. The zero-order valence-corrected chi connectivity index (χ0v) is 18.1. The number of phenols is 1. The molecule has 2 aliphatic rings. The number of methoxy groups -OCH3 is 1. The lowest BCUT2D eigenvalue weighted by Gasteiger charge is -2.30. The van der Waals surface area contributed by atoms with E-state index in [9.17, 15) is 9.90 Å². The quantitative estimate of drug-likeness (QED) is 0.647. The lowest BCUT2D eigenvalue weighted by atomic mass is 9.94. The van der Waals surface area contributed by atoms with Crippen molar-refractivity contribution in [1.29, 1.82) is 0 Å². The number of aliphatic imine (C=N–C) groups is 1. The highest BCUT2D eigenvalue weighted by atomic mass is 32.2. The molecule has 1 saturated heterocycles.